The lowest BCUT2D eigenvalue weighted by Crippen LogP contribution is -2.36. The number of rotatable bonds is 1. The van der Waals surface area contributed by atoms with Crippen LogP contribution in [0, 0.1) is 11.8 Å². The Morgan fingerprint density at radius 2 is 2.00 bits per heavy atom. The molecular weight excluding hydrogens is 200 g/mol. The van der Waals surface area contributed by atoms with Gasteiger partial charge in [0.25, 0.3) is 0 Å². The fourth-order valence-electron chi connectivity index (χ4n) is 3.10. The molecule has 1 aliphatic carbocycles. The van der Waals surface area contributed by atoms with Gasteiger partial charge in [-0.15, -0.1) is 0 Å². The van der Waals surface area contributed by atoms with Crippen LogP contribution < -0.4 is 5.73 Å². The predicted molar refractivity (Wildman–Crippen MR) is 64.7 cm³/mol. The van der Waals surface area contributed by atoms with Gasteiger partial charge in [-0.3, -0.25) is 4.98 Å². The van der Waals surface area contributed by atoms with Crippen molar-refractivity contribution in [2.75, 3.05) is 5.73 Å². The van der Waals surface area contributed by atoms with Crippen LogP contribution in [0.25, 0.3) is 0 Å². The molecule has 88 valence electrons. The normalized spacial score (nSPS) is 34.9. The highest BCUT2D eigenvalue weighted by atomic mass is 16.3. The third-order valence-electron chi connectivity index (χ3n) is 3.53. The SMILES string of the molecule is CC1CC(C)CC(O)(c2cnccc2N)C1. The molecule has 3 N–H and O–H groups in total. The molecule has 0 amide bonds. The van der Waals surface area contributed by atoms with Crippen molar-refractivity contribution in [3.05, 3.63) is 24.0 Å². The van der Waals surface area contributed by atoms with Gasteiger partial charge in [-0.05, 0) is 37.2 Å². The third kappa shape index (κ3) is 2.05. The zero-order valence-corrected chi connectivity index (χ0v) is 9.98. The molecular formula is C13H20N2O. The summed E-state index contributed by atoms with van der Waals surface area (Å²) < 4.78 is 0. The molecule has 3 heteroatoms. The Morgan fingerprint density at radius 3 is 2.56 bits per heavy atom. The fraction of sp³-hybridized carbons (Fsp3) is 0.615. The molecule has 1 aliphatic rings. The van der Waals surface area contributed by atoms with Gasteiger partial charge in [-0.1, -0.05) is 13.8 Å². The van der Waals surface area contributed by atoms with Gasteiger partial charge in [0, 0.05) is 23.6 Å². The van der Waals surface area contributed by atoms with Gasteiger partial charge in [-0.2, -0.15) is 0 Å². The van der Waals surface area contributed by atoms with E-state index in [1.165, 1.54) is 6.42 Å². The zero-order valence-electron chi connectivity index (χ0n) is 9.98. The Balaban J connectivity index is 2.34. The van der Waals surface area contributed by atoms with Gasteiger partial charge < -0.3 is 10.8 Å². The largest absolute Gasteiger partial charge is 0.398 e. The number of hydrogen-bond acceptors (Lipinski definition) is 3. The number of anilines is 1. The molecule has 1 heterocycles. The molecule has 2 rings (SSSR count). The van der Waals surface area contributed by atoms with Gasteiger partial charge in [0.1, 0.15) is 0 Å². The van der Waals surface area contributed by atoms with E-state index in [4.69, 9.17) is 5.73 Å². The lowest BCUT2D eigenvalue weighted by molar-refractivity contribution is -0.0359. The summed E-state index contributed by atoms with van der Waals surface area (Å²) in [4.78, 5) is 4.08. The Kier molecular flexibility index (Phi) is 2.89. The van der Waals surface area contributed by atoms with E-state index in [9.17, 15) is 5.11 Å². The van der Waals surface area contributed by atoms with Crippen LogP contribution in [-0.4, -0.2) is 10.1 Å². The van der Waals surface area contributed by atoms with E-state index in [-0.39, 0.29) is 0 Å². The molecule has 16 heavy (non-hydrogen) atoms. The van der Waals surface area contributed by atoms with E-state index >= 15 is 0 Å². The fourth-order valence-corrected chi connectivity index (χ4v) is 3.10. The van der Waals surface area contributed by atoms with Crippen LogP contribution >= 0.6 is 0 Å². The summed E-state index contributed by atoms with van der Waals surface area (Å²) in [5.74, 6) is 1.07. The van der Waals surface area contributed by atoms with Crippen molar-refractivity contribution in [3.63, 3.8) is 0 Å². The second-order valence-corrected chi connectivity index (χ2v) is 5.35. The van der Waals surface area contributed by atoms with Gasteiger partial charge in [0.15, 0.2) is 0 Å². The summed E-state index contributed by atoms with van der Waals surface area (Å²) in [6, 6.07) is 1.76. The molecule has 0 spiro atoms. The molecule has 1 aromatic heterocycles. The Hall–Kier alpha value is -1.09. The molecule has 1 saturated carbocycles. The third-order valence-corrected chi connectivity index (χ3v) is 3.53. The van der Waals surface area contributed by atoms with Crippen molar-refractivity contribution in [1.82, 2.24) is 4.98 Å². The van der Waals surface area contributed by atoms with Gasteiger partial charge in [0.2, 0.25) is 0 Å². The summed E-state index contributed by atoms with van der Waals surface area (Å²) in [7, 11) is 0. The van der Waals surface area contributed by atoms with Crippen LogP contribution in [0.3, 0.4) is 0 Å². The zero-order chi connectivity index (χ0) is 11.8. The molecule has 0 aromatic carbocycles. The predicted octanol–water partition coefficient (Wildman–Crippen LogP) is 2.31. The van der Waals surface area contributed by atoms with Crippen molar-refractivity contribution < 1.29 is 5.11 Å². The first kappa shape index (κ1) is 11.4. The standard InChI is InChI=1S/C13H20N2O/c1-9-5-10(2)7-13(16,6-9)11-8-15-4-3-12(11)14/h3-4,8-10,16H,5-7H2,1-2H3,(H2,14,15). The number of pyridine rings is 1. The number of aliphatic hydroxyl groups is 1. The number of nitrogens with two attached hydrogens (primary N) is 1. The van der Waals surface area contributed by atoms with E-state index in [0.29, 0.717) is 17.5 Å². The lowest BCUT2D eigenvalue weighted by Gasteiger charge is -2.39. The maximum absolute atomic E-state index is 10.7. The first-order valence-electron chi connectivity index (χ1n) is 5.93. The van der Waals surface area contributed by atoms with Crippen LogP contribution in [0.15, 0.2) is 18.5 Å². The summed E-state index contributed by atoms with van der Waals surface area (Å²) in [5, 5.41) is 10.7. The average molecular weight is 220 g/mol. The summed E-state index contributed by atoms with van der Waals surface area (Å²) in [6.45, 7) is 4.38. The van der Waals surface area contributed by atoms with Gasteiger partial charge >= 0.3 is 0 Å². The second-order valence-electron chi connectivity index (χ2n) is 5.35. The second kappa shape index (κ2) is 4.06. The Morgan fingerprint density at radius 1 is 1.38 bits per heavy atom. The number of nitrogens with zero attached hydrogens (tertiary/aromatic N) is 1. The average Bonchev–Trinajstić information content (AvgIpc) is 2.15. The summed E-state index contributed by atoms with van der Waals surface area (Å²) in [5.41, 5.74) is 6.60. The smallest absolute Gasteiger partial charge is 0.0936 e. The first-order valence-corrected chi connectivity index (χ1v) is 5.93. The lowest BCUT2D eigenvalue weighted by atomic mass is 9.71. The van der Waals surface area contributed by atoms with E-state index < -0.39 is 5.60 Å². The first-order chi connectivity index (χ1) is 7.51. The molecule has 1 fully saturated rings. The van der Waals surface area contributed by atoms with Crippen LogP contribution in [0.5, 0.6) is 0 Å². The molecule has 2 atom stereocenters. The van der Waals surface area contributed by atoms with E-state index in [0.717, 1.165) is 18.4 Å². The van der Waals surface area contributed by atoms with Crippen molar-refractivity contribution in [1.29, 1.82) is 0 Å². The number of hydrogen-bond donors (Lipinski definition) is 2. The Labute approximate surface area is 96.7 Å². The highest BCUT2D eigenvalue weighted by Gasteiger charge is 2.38. The number of aromatic nitrogens is 1. The molecule has 0 bridgehead atoms. The number of nitrogen functional groups attached to an aromatic ring is 1. The monoisotopic (exact) mass is 220 g/mol. The topological polar surface area (TPSA) is 59.1 Å². The van der Waals surface area contributed by atoms with Crippen LogP contribution in [0.4, 0.5) is 5.69 Å². The molecule has 3 nitrogen and oxygen atoms in total. The van der Waals surface area contributed by atoms with Crippen molar-refractivity contribution in [2.45, 2.75) is 38.7 Å². The van der Waals surface area contributed by atoms with E-state index in [1.807, 2.05) is 0 Å². The highest BCUT2D eigenvalue weighted by Crippen LogP contribution is 2.43. The summed E-state index contributed by atoms with van der Waals surface area (Å²) in [6.07, 6.45) is 6.13. The van der Waals surface area contributed by atoms with E-state index in [2.05, 4.69) is 18.8 Å². The minimum Gasteiger partial charge on any atom is -0.398 e. The van der Waals surface area contributed by atoms with Crippen molar-refractivity contribution in [3.8, 4) is 0 Å². The van der Waals surface area contributed by atoms with E-state index in [1.54, 1.807) is 18.5 Å². The minimum atomic E-state index is -0.782. The van der Waals surface area contributed by atoms with Gasteiger partial charge in [-0.25, -0.2) is 0 Å². The maximum Gasteiger partial charge on any atom is 0.0936 e. The molecule has 0 saturated heterocycles. The summed E-state index contributed by atoms with van der Waals surface area (Å²) >= 11 is 0. The molecule has 0 radical (unpaired) electrons. The van der Waals surface area contributed by atoms with Crippen LogP contribution in [-0.2, 0) is 5.60 Å². The van der Waals surface area contributed by atoms with Crippen molar-refractivity contribution in [2.24, 2.45) is 11.8 Å². The molecule has 2 unspecified atom stereocenters. The highest BCUT2D eigenvalue weighted by molar-refractivity contribution is 5.48. The van der Waals surface area contributed by atoms with Crippen LogP contribution in [0.1, 0.15) is 38.7 Å². The van der Waals surface area contributed by atoms with Crippen molar-refractivity contribution >= 4 is 5.69 Å². The maximum atomic E-state index is 10.7. The molecule has 0 aliphatic heterocycles. The van der Waals surface area contributed by atoms with Gasteiger partial charge in [0.05, 0.1) is 5.60 Å². The minimum absolute atomic E-state index is 0.536. The quantitative estimate of drug-likeness (QED) is 0.763. The van der Waals surface area contributed by atoms with Crippen LogP contribution in [0.2, 0.25) is 0 Å². The molecule has 1 aromatic rings. The Bertz CT molecular complexity index is 368.